The fraction of sp³-hybridized carbons (Fsp3) is 0. The molecule has 2 rings (SSSR count). The minimum absolute atomic E-state index is 0.291. The molecule has 2 aromatic carbocycles. The van der Waals surface area contributed by atoms with E-state index in [0.717, 1.165) is 23.3 Å². The molecule has 0 spiro atoms. The lowest BCUT2D eigenvalue weighted by atomic mass is 10.1. The van der Waals surface area contributed by atoms with Crippen LogP contribution in [0.25, 0.3) is 10.8 Å². The highest BCUT2D eigenvalue weighted by atomic mass is 127. The Balaban J connectivity index is 2.94. The maximum absolute atomic E-state index is 9.80. The molecule has 0 aliphatic heterocycles. The van der Waals surface area contributed by atoms with E-state index in [1.807, 2.05) is 24.3 Å². The lowest BCUT2D eigenvalue weighted by molar-refractivity contribution is 0.478. The monoisotopic (exact) mass is 426 g/mol. The zero-order valence-corrected chi connectivity index (χ0v) is 12.2. The van der Waals surface area contributed by atoms with Crippen molar-refractivity contribution in [2.24, 2.45) is 0 Å². The lowest BCUT2D eigenvalue weighted by Crippen LogP contribution is -1.80. The normalized spacial score (nSPS) is 10.8. The fourth-order valence-corrected chi connectivity index (χ4v) is 2.59. The number of halogens is 3. The molecule has 0 unspecified atom stereocenters. The van der Waals surface area contributed by atoms with Crippen LogP contribution in [-0.2, 0) is 0 Å². The molecule has 0 fully saturated rings. The van der Waals surface area contributed by atoms with Gasteiger partial charge in [0.25, 0.3) is 0 Å². The minimum Gasteiger partial charge on any atom is -0.506 e. The standard InChI is InChI=1S/C10H5Br2IO/c11-7-3-1-5-6(10(7)14)2-4-8(13)9(5)12/h1-4,14H. The Kier molecular flexibility index (Phi) is 3.04. The SMILES string of the molecule is Oc1c(Br)ccc2c(Br)c(I)ccc12. The van der Waals surface area contributed by atoms with Crippen LogP contribution in [-0.4, -0.2) is 5.11 Å². The van der Waals surface area contributed by atoms with Crippen LogP contribution in [0.5, 0.6) is 5.75 Å². The van der Waals surface area contributed by atoms with Gasteiger partial charge < -0.3 is 5.11 Å². The second-order valence-corrected chi connectivity index (χ2v) is 5.66. The van der Waals surface area contributed by atoms with Crippen molar-refractivity contribution >= 4 is 65.2 Å². The zero-order valence-electron chi connectivity index (χ0n) is 6.89. The van der Waals surface area contributed by atoms with Crippen molar-refractivity contribution in [1.82, 2.24) is 0 Å². The van der Waals surface area contributed by atoms with Gasteiger partial charge in [0.1, 0.15) is 5.75 Å². The van der Waals surface area contributed by atoms with E-state index in [2.05, 4.69) is 54.5 Å². The van der Waals surface area contributed by atoms with Crippen LogP contribution in [0.15, 0.2) is 33.2 Å². The molecule has 4 heteroatoms. The summed E-state index contributed by atoms with van der Waals surface area (Å²) >= 11 is 9.05. The molecule has 0 heterocycles. The molecule has 0 aliphatic carbocycles. The van der Waals surface area contributed by atoms with Crippen molar-refractivity contribution in [3.63, 3.8) is 0 Å². The van der Waals surface area contributed by atoms with Gasteiger partial charge in [0.2, 0.25) is 0 Å². The van der Waals surface area contributed by atoms with Gasteiger partial charge in [-0.3, -0.25) is 0 Å². The van der Waals surface area contributed by atoms with Gasteiger partial charge in [-0.25, -0.2) is 0 Å². The highest BCUT2D eigenvalue weighted by Gasteiger charge is 2.08. The predicted octanol–water partition coefficient (Wildman–Crippen LogP) is 4.68. The Bertz CT molecular complexity index is 464. The van der Waals surface area contributed by atoms with E-state index < -0.39 is 0 Å². The summed E-state index contributed by atoms with van der Waals surface area (Å²) in [7, 11) is 0. The van der Waals surface area contributed by atoms with Crippen molar-refractivity contribution in [2.75, 3.05) is 0 Å². The molecular formula is C10H5Br2IO. The van der Waals surface area contributed by atoms with E-state index in [1.165, 1.54) is 0 Å². The number of phenols is 1. The van der Waals surface area contributed by atoms with Crippen LogP contribution in [0.3, 0.4) is 0 Å². The number of hydrogen-bond donors (Lipinski definition) is 1. The molecule has 0 bridgehead atoms. The number of hydrogen-bond acceptors (Lipinski definition) is 1. The topological polar surface area (TPSA) is 20.2 Å². The highest BCUT2D eigenvalue weighted by molar-refractivity contribution is 14.1. The van der Waals surface area contributed by atoms with E-state index in [4.69, 9.17) is 0 Å². The first-order chi connectivity index (χ1) is 6.61. The number of aromatic hydroxyl groups is 1. The largest absolute Gasteiger partial charge is 0.506 e. The second-order valence-electron chi connectivity index (χ2n) is 2.85. The van der Waals surface area contributed by atoms with Gasteiger partial charge in [0.05, 0.1) is 4.47 Å². The summed E-state index contributed by atoms with van der Waals surface area (Å²) < 4.78 is 2.88. The lowest BCUT2D eigenvalue weighted by Gasteiger charge is -2.06. The maximum Gasteiger partial charge on any atom is 0.137 e. The average Bonchev–Trinajstić information content (AvgIpc) is 2.17. The van der Waals surface area contributed by atoms with Crippen LogP contribution in [0.2, 0.25) is 0 Å². The Labute approximate surface area is 112 Å². The molecule has 0 saturated carbocycles. The van der Waals surface area contributed by atoms with Crippen molar-refractivity contribution in [3.05, 3.63) is 36.8 Å². The first-order valence-corrected chi connectivity index (χ1v) is 6.53. The molecule has 0 radical (unpaired) electrons. The van der Waals surface area contributed by atoms with Crippen LogP contribution in [0.4, 0.5) is 0 Å². The van der Waals surface area contributed by atoms with Gasteiger partial charge in [-0.05, 0) is 72.6 Å². The molecule has 1 nitrogen and oxygen atoms in total. The fourth-order valence-electron chi connectivity index (χ4n) is 1.30. The van der Waals surface area contributed by atoms with Crippen molar-refractivity contribution in [3.8, 4) is 5.75 Å². The number of phenolic OH excluding ortho intramolecular Hbond substituents is 1. The van der Waals surface area contributed by atoms with Crippen LogP contribution in [0.1, 0.15) is 0 Å². The Hall–Kier alpha value is 0.190. The molecule has 0 atom stereocenters. The highest BCUT2D eigenvalue weighted by Crippen LogP contribution is 2.37. The molecule has 1 N–H and O–H groups in total. The summed E-state index contributed by atoms with van der Waals surface area (Å²) in [6.45, 7) is 0. The van der Waals surface area contributed by atoms with Crippen molar-refractivity contribution in [2.45, 2.75) is 0 Å². The first kappa shape index (κ1) is 10.7. The number of fused-ring (bicyclic) bond motifs is 1. The summed E-state index contributed by atoms with van der Waals surface area (Å²) in [5.41, 5.74) is 0. The molecule has 0 amide bonds. The van der Waals surface area contributed by atoms with Crippen molar-refractivity contribution in [1.29, 1.82) is 0 Å². The van der Waals surface area contributed by atoms with Gasteiger partial charge >= 0.3 is 0 Å². The van der Waals surface area contributed by atoms with Crippen LogP contribution < -0.4 is 0 Å². The van der Waals surface area contributed by atoms with Gasteiger partial charge in [0.15, 0.2) is 0 Å². The third-order valence-electron chi connectivity index (χ3n) is 2.01. The zero-order chi connectivity index (χ0) is 10.3. The summed E-state index contributed by atoms with van der Waals surface area (Å²) in [6.07, 6.45) is 0. The van der Waals surface area contributed by atoms with Gasteiger partial charge in [-0.15, -0.1) is 0 Å². The molecule has 0 aromatic heterocycles. The maximum atomic E-state index is 9.80. The second kappa shape index (κ2) is 3.98. The average molecular weight is 428 g/mol. The molecule has 72 valence electrons. The van der Waals surface area contributed by atoms with Crippen LogP contribution in [0, 0.1) is 3.57 Å². The van der Waals surface area contributed by atoms with Crippen LogP contribution >= 0.6 is 54.5 Å². The van der Waals surface area contributed by atoms with E-state index in [-0.39, 0.29) is 0 Å². The van der Waals surface area contributed by atoms with Crippen molar-refractivity contribution < 1.29 is 5.11 Å². The quantitative estimate of drug-likeness (QED) is 0.605. The van der Waals surface area contributed by atoms with E-state index in [9.17, 15) is 5.11 Å². The summed E-state index contributed by atoms with van der Waals surface area (Å²) in [5.74, 6) is 0.291. The van der Waals surface area contributed by atoms with Gasteiger partial charge in [0, 0.05) is 18.8 Å². The Morgan fingerprint density at radius 2 is 1.64 bits per heavy atom. The third kappa shape index (κ3) is 1.67. The Morgan fingerprint density at radius 1 is 1.00 bits per heavy atom. The number of rotatable bonds is 0. The summed E-state index contributed by atoms with van der Waals surface area (Å²) in [5, 5.41) is 11.7. The summed E-state index contributed by atoms with van der Waals surface area (Å²) in [4.78, 5) is 0. The molecule has 14 heavy (non-hydrogen) atoms. The minimum atomic E-state index is 0.291. The number of benzene rings is 2. The Morgan fingerprint density at radius 3 is 2.36 bits per heavy atom. The van der Waals surface area contributed by atoms with Gasteiger partial charge in [-0.2, -0.15) is 0 Å². The van der Waals surface area contributed by atoms with E-state index in [0.29, 0.717) is 5.75 Å². The van der Waals surface area contributed by atoms with E-state index >= 15 is 0 Å². The van der Waals surface area contributed by atoms with E-state index in [1.54, 1.807) is 0 Å². The van der Waals surface area contributed by atoms with Gasteiger partial charge in [-0.1, -0.05) is 6.07 Å². The molecular weight excluding hydrogens is 423 g/mol. The predicted molar refractivity (Wildman–Crippen MR) is 73.7 cm³/mol. The summed E-state index contributed by atoms with van der Waals surface area (Å²) in [6, 6.07) is 7.71. The molecule has 0 aliphatic rings. The smallest absolute Gasteiger partial charge is 0.137 e. The third-order valence-corrected chi connectivity index (χ3v) is 5.14. The molecule has 2 aromatic rings. The molecule has 0 saturated heterocycles. The first-order valence-electron chi connectivity index (χ1n) is 3.86.